The van der Waals surface area contributed by atoms with Gasteiger partial charge in [0.15, 0.2) is 0 Å². The van der Waals surface area contributed by atoms with E-state index in [4.69, 9.17) is 10.9 Å². The Hall–Kier alpha value is -1.07. The summed E-state index contributed by atoms with van der Waals surface area (Å²) in [6.07, 6.45) is 1.57. The zero-order chi connectivity index (χ0) is 9.68. The van der Waals surface area contributed by atoms with Crippen molar-refractivity contribution in [2.75, 3.05) is 6.54 Å². The maximum Gasteiger partial charge on any atom is 0.338 e. The highest BCUT2D eigenvalue weighted by Crippen LogP contribution is 2.08. The lowest BCUT2D eigenvalue weighted by atomic mass is 10.2. The van der Waals surface area contributed by atoms with Gasteiger partial charge in [0.2, 0.25) is 0 Å². The molecule has 0 atom stereocenters. The molecule has 4 nitrogen and oxygen atoms in total. The zero-order valence-corrected chi connectivity index (χ0v) is 7.96. The molecule has 0 unspecified atom stereocenters. The van der Waals surface area contributed by atoms with Crippen molar-refractivity contribution >= 4 is 17.4 Å². The molecule has 0 saturated carbocycles. The summed E-state index contributed by atoms with van der Waals surface area (Å²) in [7, 11) is 0. The van der Waals surface area contributed by atoms with Crippen LogP contribution in [0.4, 0.5) is 4.79 Å². The summed E-state index contributed by atoms with van der Waals surface area (Å²) in [6.45, 7) is 0.283. The van der Waals surface area contributed by atoms with Crippen molar-refractivity contribution in [3.05, 3.63) is 22.4 Å². The summed E-state index contributed by atoms with van der Waals surface area (Å²) >= 11 is 1.64. The normalized spacial score (nSPS) is 9.92. The lowest BCUT2D eigenvalue weighted by Gasteiger charge is -2.10. The third-order valence-corrected chi connectivity index (χ3v) is 2.40. The van der Waals surface area contributed by atoms with Crippen LogP contribution in [0.15, 0.2) is 16.8 Å². The molecule has 0 radical (unpaired) electrons. The first-order chi connectivity index (χ1) is 6.20. The number of rotatable bonds is 4. The van der Waals surface area contributed by atoms with Gasteiger partial charge in [0.05, 0.1) is 6.54 Å². The molecule has 0 aliphatic heterocycles. The van der Waals surface area contributed by atoms with Crippen molar-refractivity contribution in [3.63, 3.8) is 0 Å². The monoisotopic (exact) mass is 200 g/mol. The van der Waals surface area contributed by atoms with Gasteiger partial charge in [0.1, 0.15) is 0 Å². The standard InChI is InChI=1S/C8H12N2O2S/c9-8(11)10(12)4-1-2-7-3-5-13-6-7/h3,5-6,12H,1-2,4H2,(H2,9,11). The summed E-state index contributed by atoms with van der Waals surface area (Å²) in [4.78, 5) is 10.4. The number of nitrogens with zero attached hydrogens (tertiary/aromatic N) is 1. The maximum absolute atomic E-state index is 10.4. The van der Waals surface area contributed by atoms with E-state index < -0.39 is 6.03 Å². The number of primary amides is 1. The van der Waals surface area contributed by atoms with Gasteiger partial charge in [-0.25, -0.2) is 9.86 Å². The molecule has 0 aromatic carbocycles. The number of thiophene rings is 1. The lowest BCUT2D eigenvalue weighted by Crippen LogP contribution is -2.33. The van der Waals surface area contributed by atoms with Gasteiger partial charge in [0.25, 0.3) is 0 Å². The van der Waals surface area contributed by atoms with Gasteiger partial charge in [-0.2, -0.15) is 11.3 Å². The molecular formula is C8H12N2O2S. The van der Waals surface area contributed by atoms with Crippen molar-refractivity contribution in [1.82, 2.24) is 5.06 Å². The van der Waals surface area contributed by atoms with Crippen LogP contribution in [-0.2, 0) is 6.42 Å². The molecule has 0 spiro atoms. The molecule has 72 valence electrons. The number of nitrogens with two attached hydrogens (primary N) is 1. The van der Waals surface area contributed by atoms with E-state index in [0.717, 1.165) is 12.8 Å². The van der Waals surface area contributed by atoms with Crippen molar-refractivity contribution in [1.29, 1.82) is 0 Å². The van der Waals surface area contributed by atoms with Crippen LogP contribution in [0, 0.1) is 0 Å². The SMILES string of the molecule is NC(=O)N(O)CCCc1ccsc1. The smallest absolute Gasteiger partial charge is 0.338 e. The number of urea groups is 1. The molecule has 13 heavy (non-hydrogen) atoms. The fourth-order valence-corrected chi connectivity index (χ4v) is 1.68. The average molecular weight is 200 g/mol. The van der Waals surface area contributed by atoms with Crippen LogP contribution in [0.5, 0.6) is 0 Å². The van der Waals surface area contributed by atoms with Crippen LogP contribution in [0.1, 0.15) is 12.0 Å². The summed E-state index contributed by atoms with van der Waals surface area (Å²) in [5.74, 6) is 0. The number of aryl methyl sites for hydroxylation is 1. The largest absolute Gasteiger partial charge is 0.350 e. The van der Waals surface area contributed by atoms with Crippen molar-refractivity contribution in [2.24, 2.45) is 5.73 Å². The molecule has 1 heterocycles. The number of carbonyl (C=O) groups is 1. The lowest BCUT2D eigenvalue weighted by molar-refractivity contribution is -0.0398. The predicted molar refractivity (Wildman–Crippen MR) is 50.7 cm³/mol. The van der Waals surface area contributed by atoms with Crippen LogP contribution in [0.25, 0.3) is 0 Å². The fourth-order valence-electron chi connectivity index (χ4n) is 0.978. The Morgan fingerprint density at radius 3 is 3.00 bits per heavy atom. The van der Waals surface area contributed by atoms with Gasteiger partial charge >= 0.3 is 6.03 Å². The fraction of sp³-hybridized carbons (Fsp3) is 0.375. The first-order valence-corrected chi connectivity index (χ1v) is 4.91. The van der Waals surface area contributed by atoms with Crippen LogP contribution >= 0.6 is 11.3 Å². The van der Waals surface area contributed by atoms with Crippen LogP contribution in [0.2, 0.25) is 0 Å². The molecule has 2 amide bonds. The molecule has 1 aromatic heterocycles. The molecule has 0 fully saturated rings. The quantitative estimate of drug-likeness (QED) is 0.570. The Balaban J connectivity index is 2.18. The predicted octanol–water partition coefficient (Wildman–Crippen LogP) is 1.45. The molecule has 0 bridgehead atoms. The van der Waals surface area contributed by atoms with Crippen molar-refractivity contribution in [2.45, 2.75) is 12.8 Å². The second kappa shape index (κ2) is 4.84. The Morgan fingerprint density at radius 2 is 2.46 bits per heavy atom. The first kappa shape index (κ1) is 10.0. The second-order valence-corrected chi connectivity index (χ2v) is 3.48. The Bertz CT molecular complexity index is 261. The van der Waals surface area contributed by atoms with Gasteiger partial charge in [-0.1, -0.05) is 0 Å². The molecule has 5 heteroatoms. The van der Waals surface area contributed by atoms with E-state index in [1.54, 1.807) is 11.3 Å². The molecular weight excluding hydrogens is 188 g/mol. The third-order valence-electron chi connectivity index (χ3n) is 1.67. The Labute approximate surface area is 80.5 Å². The minimum atomic E-state index is -0.801. The summed E-state index contributed by atoms with van der Waals surface area (Å²) in [5, 5.41) is 13.5. The van der Waals surface area contributed by atoms with E-state index in [1.165, 1.54) is 5.56 Å². The number of hydroxylamine groups is 2. The minimum Gasteiger partial charge on any atom is -0.350 e. The highest BCUT2D eigenvalue weighted by atomic mass is 32.1. The van der Waals surface area contributed by atoms with Gasteiger partial charge in [-0.05, 0) is 35.2 Å². The van der Waals surface area contributed by atoms with E-state index in [-0.39, 0.29) is 6.54 Å². The average Bonchev–Trinajstić information content (AvgIpc) is 2.56. The summed E-state index contributed by atoms with van der Waals surface area (Å²) in [6, 6.07) is 1.22. The number of hydrogen-bond acceptors (Lipinski definition) is 3. The van der Waals surface area contributed by atoms with Gasteiger partial charge in [-0.3, -0.25) is 5.21 Å². The molecule has 1 aromatic rings. The van der Waals surface area contributed by atoms with Crippen molar-refractivity contribution in [3.8, 4) is 0 Å². The van der Waals surface area contributed by atoms with E-state index in [2.05, 4.69) is 0 Å². The first-order valence-electron chi connectivity index (χ1n) is 3.97. The van der Waals surface area contributed by atoms with Crippen LogP contribution in [-0.4, -0.2) is 22.8 Å². The summed E-state index contributed by atoms with van der Waals surface area (Å²) < 4.78 is 0. The maximum atomic E-state index is 10.4. The van der Waals surface area contributed by atoms with Crippen LogP contribution < -0.4 is 5.73 Å². The van der Waals surface area contributed by atoms with E-state index >= 15 is 0 Å². The number of hydrogen-bond donors (Lipinski definition) is 2. The minimum absolute atomic E-state index is 0.283. The number of carbonyl (C=O) groups excluding carboxylic acids is 1. The van der Waals surface area contributed by atoms with E-state index in [1.807, 2.05) is 16.8 Å². The molecule has 3 N–H and O–H groups in total. The summed E-state index contributed by atoms with van der Waals surface area (Å²) in [5.41, 5.74) is 6.06. The van der Waals surface area contributed by atoms with Gasteiger partial charge in [-0.15, -0.1) is 0 Å². The highest BCUT2D eigenvalue weighted by Gasteiger charge is 2.04. The Morgan fingerprint density at radius 1 is 1.69 bits per heavy atom. The van der Waals surface area contributed by atoms with Crippen LogP contribution in [0.3, 0.4) is 0 Å². The van der Waals surface area contributed by atoms with E-state index in [9.17, 15) is 4.79 Å². The molecule has 0 aliphatic rings. The highest BCUT2D eigenvalue weighted by molar-refractivity contribution is 7.07. The molecule has 0 aliphatic carbocycles. The third kappa shape index (κ3) is 3.43. The van der Waals surface area contributed by atoms with Crippen molar-refractivity contribution < 1.29 is 10.0 Å². The van der Waals surface area contributed by atoms with E-state index in [0.29, 0.717) is 5.06 Å². The van der Waals surface area contributed by atoms with Gasteiger partial charge < -0.3 is 5.73 Å². The zero-order valence-electron chi connectivity index (χ0n) is 7.14. The molecule has 0 saturated heterocycles. The van der Waals surface area contributed by atoms with Gasteiger partial charge in [0, 0.05) is 0 Å². The molecule has 1 rings (SSSR count). The number of amides is 2. The topological polar surface area (TPSA) is 66.6 Å². The second-order valence-electron chi connectivity index (χ2n) is 2.70. The Kier molecular flexibility index (Phi) is 3.72.